The number of aryl methyl sites for hydroxylation is 1. The summed E-state index contributed by atoms with van der Waals surface area (Å²) in [6.45, 7) is 8.69. The minimum atomic E-state index is -3.24. The van der Waals surface area contributed by atoms with E-state index in [1.807, 2.05) is 19.1 Å². The summed E-state index contributed by atoms with van der Waals surface area (Å²) in [5.41, 5.74) is 1.84. The molecule has 0 amide bonds. The highest BCUT2D eigenvalue weighted by molar-refractivity contribution is 7.91. The van der Waals surface area contributed by atoms with Gasteiger partial charge >= 0.3 is 0 Å². The Morgan fingerprint density at radius 2 is 1.79 bits per heavy atom. The first kappa shape index (κ1) is 14.3. The van der Waals surface area contributed by atoms with Crippen molar-refractivity contribution in [2.24, 2.45) is 0 Å². The van der Waals surface area contributed by atoms with Crippen LogP contribution in [-0.2, 0) is 9.84 Å². The zero-order valence-corrected chi connectivity index (χ0v) is 12.2. The smallest absolute Gasteiger partial charge is 0.182 e. The predicted octanol–water partition coefficient (Wildman–Crippen LogP) is 2.42. The largest absolute Gasteiger partial charge is 0.299 e. The van der Waals surface area contributed by atoms with Gasteiger partial charge in [-0.15, -0.1) is 0 Å². The van der Waals surface area contributed by atoms with Crippen LogP contribution in [0.1, 0.15) is 18.4 Å². The molecule has 0 spiro atoms. The van der Waals surface area contributed by atoms with Crippen LogP contribution in [0, 0.1) is 6.92 Å². The van der Waals surface area contributed by atoms with Crippen LogP contribution in [-0.4, -0.2) is 38.7 Å². The van der Waals surface area contributed by atoms with E-state index in [-0.39, 0.29) is 5.75 Å². The lowest BCUT2D eigenvalue weighted by Gasteiger charge is -2.16. The molecule has 2 rings (SSSR count). The minimum Gasteiger partial charge on any atom is -0.299 e. The second-order valence-electron chi connectivity index (χ2n) is 5.31. The molecule has 0 unspecified atom stereocenters. The van der Waals surface area contributed by atoms with Crippen LogP contribution < -0.4 is 0 Å². The minimum absolute atomic E-state index is 0.0482. The van der Waals surface area contributed by atoms with Gasteiger partial charge in [-0.3, -0.25) is 4.90 Å². The predicted molar refractivity (Wildman–Crippen MR) is 78.0 cm³/mol. The van der Waals surface area contributed by atoms with Crippen molar-refractivity contribution in [1.29, 1.82) is 0 Å². The number of sulfone groups is 1. The Kier molecular flexibility index (Phi) is 4.42. The zero-order chi connectivity index (χ0) is 13.9. The molecule has 0 saturated carbocycles. The van der Waals surface area contributed by atoms with Gasteiger partial charge in [-0.05, 0) is 50.6 Å². The van der Waals surface area contributed by atoms with E-state index in [4.69, 9.17) is 0 Å². The fourth-order valence-electron chi connectivity index (χ4n) is 2.40. The Bertz CT molecular complexity index is 540. The first-order chi connectivity index (χ1) is 8.97. The molecule has 4 heteroatoms. The second-order valence-corrected chi connectivity index (χ2v) is 7.29. The average Bonchev–Trinajstić information content (AvgIpc) is 2.81. The van der Waals surface area contributed by atoms with Gasteiger partial charge in [0.1, 0.15) is 0 Å². The fraction of sp³-hybridized carbons (Fsp3) is 0.467. The van der Waals surface area contributed by atoms with Gasteiger partial charge in [0.25, 0.3) is 0 Å². The van der Waals surface area contributed by atoms with E-state index in [1.165, 1.54) is 12.8 Å². The maximum absolute atomic E-state index is 12.2. The number of hydrogen-bond acceptors (Lipinski definition) is 3. The molecule has 0 aliphatic carbocycles. The summed E-state index contributed by atoms with van der Waals surface area (Å²) in [6.07, 6.45) is 2.41. The average molecular weight is 279 g/mol. The number of benzene rings is 1. The van der Waals surface area contributed by atoms with Crippen molar-refractivity contribution >= 4 is 9.84 Å². The highest BCUT2D eigenvalue weighted by Gasteiger charge is 2.18. The van der Waals surface area contributed by atoms with E-state index < -0.39 is 9.84 Å². The van der Waals surface area contributed by atoms with Gasteiger partial charge in [0, 0.05) is 6.54 Å². The van der Waals surface area contributed by atoms with Crippen molar-refractivity contribution in [2.45, 2.75) is 24.7 Å². The third kappa shape index (κ3) is 3.91. The lowest BCUT2D eigenvalue weighted by atomic mass is 10.2. The first-order valence-electron chi connectivity index (χ1n) is 6.66. The normalized spacial score (nSPS) is 16.7. The maximum Gasteiger partial charge on any atom is 0.182 e. The number of likely N-dealkylation sites (tertiary alicyclic amines) is 1. The van der Waals surface area contributed by atoms with Crippen LogP contribution >= 0.6 is 0 Å². The molecule has 104 valence electrons. The lowest BCUT2D eigenvalue weighted by Crippen LogP contribution is -2.24. The van der Waals surface area contributed by atoms with E-state index in [0.29, 0.717) is 11.4 Å². The van der Waals surface area contributed by atoms with Gasteiger partial charge in [-0.2, -0.15) is 0 Å². The number of rotatable bonds is 5. The van der Waals surface area contributed by atoms with Gasteiger partial charge in [0.05, 0.1) is 10.6 Å². The van der Waals surface area contributed by atoms with Crippen molar-refractivity contribution in [3.63, 3.8) is 0 Å². The highest BCUT2D eigenvalue weighted by atomic mass is 32.2. The van der Waals surface area contributed by atoms with Crippen LogP contribution in [0.4, 0.5) is 0 Å². The molecule has 1 saturated heterocycles. The van der Waals surface area contributed by atoms with E-state index in [0.717, 1.165) is 24.2 Å². The molecule has 1 aromatic carbocycles. The first-order valence-corrected chi connectivity index (χ1v) is 8.31. The van der Waals surface area contributed by atoms with E-state index in [9.17, 15) is 8.42 Å². The van der Waals surface area contributed by atoms with Crippen LogP contribution in [0.2, 0.25) is 0 Å². The van der Waals surface area contributed by atoms with Gasteiger partial charge in [-0.25, -0.2) is 8.42 Å². The van der Waals surface area contributed by atoms with Crippen molar-refractivity contribution < 1.29 is 8.42 Å². The molecule has 0 aromatic heterocycles. The Morgan fingerprint density at radius 3 is 2.37 bits per heavy atom. The van der Waals surface area contributed by atoms with Gasteiger partial charge < -0.3 is 0 Å². The van der Waals surface area contributed by atoms with E-state index in [2.05, 4.69) is 11.5 Å². The Hall–Kier alpha value is -1.13. The molecule has 0 atom stereocenters. The summed E-state index contributed by atoms with van der Waals surface area (Å²) in [5, 5.41) is 0. The van der Waals surface area contributed by atoms with Crippen molar-refractivity contribution in [1.82, 2.24) is 4.90 Å². The molecular weight excluding hydrogens is 258 g/mol. The van der Waals surface area contributed by atoms with Crippen LogP contribution in [0.5, 0.6) is 0 Å². The zero-order valence-electron chi connectivity index (χ0n) is 11.4. The van der Waals surface area contributed by atoms with Gasteiger partial charge in [-0.1, -0.05) is 24.3 Å². The molecule has 0 N–H and O–H groups in total. The highest BCUT2D eigenvalue weighted by Crippen LogP contribution is 2.16. The van der Waals surface area contributed by atoms with Crippen LogP contribution in [0.25, 0.3) is 0 Å². The maximum atomic E-state index is 12.2. The quantitative estimate of drug-likeness (QED) is 0.777. The molecule has 1 heterocycles. The Morgan fingerprint density at radius 1 is 1.21 bits per heavy atom. The molecule has 0 radical (unpaired) electrons. The van der Waals surface area contributed by atoms with Gasteiger partial charge in [0.15, 0.2) is 9.84 Å². The number of hydrogen-bond donors (Lipinski definition) is 0. The van der Waals surface area contributed by atoms with Crippen molar-refractivity contribution in [3.8, 4) is 0 Å². The second kappa shape index (κ2) is 5.88. The number of nitrogens with zero attached hydrogens (tertiary/aromatic N) is 1. The molecule has 19 heavy (non-hydrogen) atoms. The monoisotopic (exact) mass is 279 g/mol. The third-order valence-electron chi connectivity index (χ3n) is 3.42. The molecule has 1 aliphatic heterocycles. The van der Waals surface area contributed by atoms with Crippen molar-refractivity contribution in [3.05, 3.63) is 42.0 Å². The molecule has 0 bridgehead atoms. The van der Waals surface area contributed by atoms with E-state index >= 15 is 0 Å². The SMILES string of the molecule is C=C(CN1CCCC1)CS(=O)(=O)c1ccc(C)cc1. The summed E-state index contributed by atoms with van der Waals surface area (Å²) in [5.74, 6) is 0.0482. The summed E-state index contributed by atoms with van der Waals surface area (Å²) in [6, 6.07) is 7.01. The summed E-state index contributed by atoms with van der Waals surface area (Å²) in [7, 11) is -3.24. The lowest BCUT2D eigenvalue weighted by molar-refractivity contribution is 0.369. The molecule has 1 aromatic rings. The van der Waals surface area contributed by atoms with Crippen LogP contribution in [0.15, 0.2) is 41.3 Å². The summed E-state index contributed by atoms with van der Waals surface area (Å²) >= 11 is 0. The molecule has 1 aliphatic rings. The summed E-state index contributed by atoms with van der Waals surface area (Å²) in [4.78, 5) is 2.66. The van der Waals surface area contributed by atoms with Crippen molar-refractivity contribution in [2.75, 3.05) is 25.4 Å². The Balaban J connectivity index is 2.00. The fourth-order valence-corrected chi connectivity index (χ4v) is 3.75. The van der Waals surface area contributed by atoms with Gasteiger partial charge in [0.2, 0.25) is 0 Å². The summed E-state index contributed by atoms with van der Waals surface area (Å²) < 4.78 is 24.5. The molecular formula is C15H21NO2S. The third-order valence-corrected chi connectivity index (χ3v) is 5.20. The standard InChI is InChI=1S/C15H21NO2S/c1-13-5-7-15(8-6-13)19(17,18)12-14(2)11-16-9-3-4-10-16/h5-8H,2-4,9-12H2,1H3. The van der Waals surface area contributed by atoms with Crippen LogP contribution in [0.3, 0.4) is 0 Å². The molecule has 1 fully saturated rings. The topological polar surface area (TPSA) is 37.4 Å². The molecule has 3 nitrogen and oxygen atoms in total. The van der Waals surface area contributed by atoms with E-state index in [1.54, 1.807) is 12.1 Å². The Labute approximate surface area is 115 Å².